The van der Waals surface area contributed by atoms with E-state index in [9.17, 15) is 8.78 Å². The van der Waals surface area contributed by atoms with Crippen molar-refractivity contribution in [2.75, 3.05) is 24.5 Å². The lowest BCUT2D eigenvalue weighted by Gasteiger charge is -2.21. The number of hydrogen-bond acceptors (Lipinski definition) is 3. The van der Waals surface area contributed by atoms with Crippen LogP contribution >= 0.6 is 0 Å². The molecule has 1 aliphatic rings. The number of rotatable bonds is 5. The summed E-state index contributed by atoms with van der Waals surface area (Å²) in [6.45, 7) is 6.58. The van der Waals surface area contributed by atoms with Crippen molar-refractivity contribution in [1.29, 1.82) is 0 Å². The van der Waals surface area contributed by atoms with Crippen LogP contribution in [0.2, 0.25) is 0 Å². The van der Waals surface area contributed by atoms with Crippen LogP contribution in [0.5, 0.6) is 0 Å². The summed E-state index contributed by atoms with van der Waals surface area (Å²) in [5, 5.41) is 6.69. The molecule has 3 aromatic rings. The number of benzene rings is 1. The quantitative estimate of drug-likeness (QED) is 0.499. The van der Waals surface area contributed by atoms with Crippen LogP contribution in [-0.2, 0) is 6.54 Å². The highest BCUT2D eigenvalue weighted by atomic mass is 19.1. The molecule has 0 spiro atoms. The number of aliphatic imine (C=N–C) groups is 1. The zero-order valence-corrected chi connectivity index (χ0v) is 17.2. The van der Waals surface area contributed by atoms with E-state index in [2.05, 4.69) is 25.0 Å². The maximum atomic E-state index is 14.1. The first-order chi connectivity index (χ1) is 14.5. The third kappa shape index (κ3) is 4.37. The minimum absolute atomic E-state index is 0.121. The second kappa shape index (κ2) is 8.69. The van der Waals surface area contributed by atoms with Gasteiger partial charge >= 0.3 is 0 Å². The molecule has 2 aromatic heterocycles. The molecule has 1 unspecified atom stereocenters. The molecule has 158 valence electrons. The van der Waals surface area contributed by atoms with Gasteiger partial charge in [-0.3, -0.25) is 0 Å². The van der Waals surface area contributed by atoms with Gasteiger partial charge in [-0.05, 0) is 44.5 Å². The second-order valence-electron chi connectivity index (χ2n) is 7.49. The van der Waals surface area contributed by atoms with Gasteiger partial charge in [0.15, 0.2) is 5.96 Å². The van der Waals surface area contributed by atoms with E-state index in [1.54, 1.807) is 0 Å². The first kappa shape index (κ1) is 20.1. The predicted octanol–water partition coefficient (Wildman–Crippen LogP) is 3.25. The minimum Gasteiger partial charge on any atom is -0.367 e. The third-order valence-corrected chi connectivity index (χ3v) is 5.27. The fourth-order valence-electron chi connectivity index (χ4n) is 3.78. The molecule has 1 atom stereocenters. The molecular formula is C22H26F2N6. The molecule has 6 nitrogen and oxygen atoms in total. The van der Waals surface area contributed by atoms with Gasteiger partial charge < -0.3 is 19.9 Å². The number of aryl methyl sites for hydroxylation is 1. The van der Waals surface area contributed by atoms with Gasteiger partial charge in [0.2, 0.25) is 0 Å². The molecule has 0 radical (unpaired) electrons. The van der Waals surface area contributed by atoms with Crippen molar-refractivity contribution in [3.8, 4) is 0 Å². The lowest BCUT2D eigenvalue weighted by atomic mass is 10.2. The summed E-state index contributed by atoms with van der Waals surface area (Å²) in [5.74, 6) is -0.384. The summed E-state index contributed by atoms with van der Waals surface area (Å²) < 4.78 is 29.3. The number of pyridine rings is 1. The molecule has 0 bridgehead atoms. The molecule has 0 saturated carbocycles. The Hall–Kier alpha value is -3.16. The van der Waals surface area contributed by atoms with Crippen LogP contribution in [0.3, 0.4) is 0 Å². The zero-order valence-electron chi connectivity index (χ0n) is 17.2. The Morgan fingerprint density at radius 2 is 2.13 bits per heavy atom. The molecule has 0 amide bonds. The molecular weight excluding hydrogens is 386 g/mol. The highest BCUT2D eigenvalue weighted by Crippen LogP contribution is 2.24. The minimum atomic E-state index is -0.561. The molecule has 1 aromatic carbocycles. The van der Waals surface area contributed by atoms with Crippen molar-refractivity contribution < 1.29 is 8.78 Å². The number of halogens is 2. The summed E-state index contributed by atoms with van der Waals surface area (Å²) >= 11 is 0. The van der Waals surface area contributed by atoms with Gasteiger partial charge in [0.25, 0.3) is 0 Å². The summed E-state index contributed by atoms with van der Waals surface area (Å²) in [4.78, 5) is 11.2. The SMILES string of the molecule is CCNC(=NCc1cn2c(C)cccc2n1)NC1CCN(c2ccc(F)cc2F)C1. The Bertz CT molecular complexity index is 1060. The van der Waals surface area contributed by atoms with Gasteiger partial charge in [-0.2, -0.15) is 0 Å². The van der Waals surface area contributed by atoms with Crippen molar-refractivity contribution in [3.05, 3.63) is 65.6 Å². The van der Waals surface area contributed by atoms with E-state index in [0.29, 0.717) is 31.3 Å². The average Bonchev–Trinajstić information content (AvgIpc) is 3.34. The molecule has 4 rings (SSSR count). The van der Waals surface area contributed by atoms with Crippen molar-refractivity contribution in [1.82, 2.24) is 20.0 Å². The Morgan fingerprint density at radius 1 is 1.27 bits per heavy atom. The number of nitrogens with one attached hydrogen (secondary N) is 2. The van der Waals surface area contributed by atoms with E-state index in [0.717, 1.165) is 36.1 Å². The Labute approximate surface area is 174 Å². The number of hydrogen-bond donors (Lipinski definition) is 2. The van der Waals surface area contributed by atoms with Crippen LogP contribution in [0.15, 0.2) is 47.6 Å². The monoisotopic (exact) mass is 412 g/mol. The van der Waals surface area contributed by atoms with Crippen LogP contribution in [-0.4, -0.2) is 41.0 Å². The van der Waals surface area contributed by atoms with Gasteiger partial charge in [0.1, 0.15) is 17.3 Å². The van der Waals surface area contributed by atoms with Gasteiger partial charge in [0, 0.05) is 43.6 Å². The number of nitrogens with zero attached hydrogens (tertiary/aromatic N) is 4. The van der Waals surface area contributed by atoms with Crippen molar-refractivity contribution >= 4 is 17.3 Å². The van der Waals surface area contributed by atoms with E-state index in [4.69, 9.17) is 0 Å². The molecule has 1 aliphatic heterocycles. The molecule has 8 heteroatoms. The smallest absolute Gasteiger partial charge is 0.191 e. The van der Waals surface area contributed by atoms with Gasteiger partial charge in [0.05, 0.1) is 17.9 Å². The fourth-order valence-corrected chi connectivity index (χ4v) is 3.78. The van der Waals surface area contributed by atoms with E-state index < -0.39 is 11.6 Å². The summed E-state index contributed by atoms with van der Waals surface area (Å²) in [6, 6.07) is 9.85. The fraction of sp³-hybridized carbons (Fsp3) is 0.364. The Balaban J connectivity index is 1.42. The summed E-state index contributed by atoms with van der Waals surface area (Å²) in [6.07, 6.45) is 2.85. The van der Waals surface area contributed by atoms with Gasteiger partial charge in [-0.1, -0.05) is 6.07 Å². The zero-order chi connectivity index (χ0) is 21.1. The number of imidazole rings is 1. The van der Waals surface area contributed by atoms with E-state index in [1.165, 1.54) is 12.1 Å². The first-order valence-corrected chi connectivity index (χ1v) is 10.2. The lowest BCUT2D eigenvalue weighted by molar-refractivity contribution is 0.580. The maximum absolute atomic E-state index is 14.1. The largest absolute Gasteiger partial charge is 0.367 e. The highest BCUT2D eigenvalue weighted by molar-refractivity contribution is 5.80. The lowest BCUT2D eigenvalue weighted by Crippen LogP contribution is -2.44. The summed E-state index contributed by atoms with van der Waals surface area (Å²) in [7, 11) is 0. The van der Waals surface area contributed by atoms with Crippen LogP contribution in [0.4, 0.5) is 14.5 Å². The molecule has 2 N–H and O–H groups in total. The molecule has 0 aliphatic carbocycles. The van der Waals surface area contributed by atoms with E-state index in [-0.39, 0.29) is 6.04 Å². The summed E-state index contributed by atoms with van der Waals surface area (Å²) in [5.41, 5.74) is 3.36. The molecule has 30 heavy (non-hydrogen) atoms. The van der Waals surface area contributed by atoms with Gasteiger partial charge in [-0.15, -0.1) is 0 Å². The Morgan fingerprint density at radius 3 is 2.90 bits per heavy atom. The van der Waals surface area contributed by atoms with Crippen molar-refractivity contribution in [3.63, 3.8) is 0 Å². The van der Waals surface area contributed by atoms with Crippen LogP contribution < -0.4 is 15.5 Å². The maximum Gasteiger partial charge on any atom is 0.191 e. The molecule has 3 heterocycles. The standard InChI is InChI=1S/C22H26F2N6/c1-3-25-22(26-12-18-14-30-15(2)5-4-6-21(30)27-18)28-17-9-10-29(13-17)20-8-7-16(23)11-19(20)24/h4-8,11,14,17H,3,9-10,12-13H2,1-2H3,(H2,25,26,28). The van der Waals surface area contributed by atoms with E-state index in [1.807, 2.05) is 43.1 Å². The van der Waals surface area contributed by atoms with Crippen LogP contribution in [0.25, 0.3) is 5.65 Å². The number of anilines is 1. The number of guanidine groups is 1. The highest BCUT2D eigenvalue weighted by Gasteiger charge is 2.25. The number of fused-ring (bicyclic) bond motifs is 1. The second-order valence-corrected chi connectivity index (χ2v) is 7.49. The predicted molar refractivity (Wildman–Crippen MR) is 115 cm³/mol. The van der Waals surface area contributed by atoms with Crippen molar-refractivity contribution in [2.45, 2.75) is 32.9 Å². The van der Waals surface area contributed by atoms with Crippen LogP contribution in [0.1, 0.15) is 24.7 Å². The molecule has 1 saturated heterocycles. The van der Waals surface area contributed by atoms with Crippen molar-refractivity contribution in [2.24, 2.45) is 4.99 Å². The van der Waals surface area contributed by atoms with Crippen LogP contribution in [0, 0.1) is 18.6 Å². The molecule has 1 fully saturated rings. The number of aromatic nitrogens is 2. The van der Waals surface area contributed by atoms with E-state index >= 15 is 0 Å². The first-order valence-electron chi connectivity index (χ1n) is 10.2. The third-order valence-electron chi connectivity index (χ3n) is 5.27. The average molecular weight is 412 g/mol. The normalized spacial score (nSPS) is 17.0. The topological polar surface area (TPSA) is 57.0 Å². The Kier molecular flexibility index (Phi) is 5.83. The van der Waals surface area contributed by atoms with Gasteiger partial charge in [-0.25, -0.2) is 18.8 Å².